The zero-order valence-electron chi connectivity index (χ0n) is 8.40. The molecule has 1 rings (SSSR count). The largest absolute Gasteiger partial charge is 0.390 e. The zero-order valence-corrected chi connectivity index (χ0v) is 8.40. The molecule has 1 aliphatic rings. The van der Waals surface area contributed by atoms with E-state index in [1.165, 1.54) is 5.57 Å². The predicted octanol–water partition coefficient (Wildman–Crippen LogP) is 0.380. The molecule has 2 atom stereocenters. The van der Waals surface area contributed by atoms with Gasteiger partial charge in [-0.1, -0.05) is 11.6 Å². The standard InChI is InChI=1S/C10H19NO2/c1-11(2)6-5-8-3-4-9(12)10(13)7-8/h3,9-10,12-13H,4-7H2,1-2H3/t9-,10+/m1/s1. The third-order valence-electron chi connectivity index (χ3n) is 2.44. The molecule has 13 heavy (non-hydrogen) atoms. The normalized spacial score (nSPS) is 29.2. The molecule has 0 aliphatic heterocycles. The van der Waals surface area contributed by atoms with Gasteiger partial charge in [0.1, 0.15) is 0 Å². The Kier molecular flexibility index (Phi) is 3.90. The van der Waals surface area contributed by atoms with E-state index in [4.69, 9.17) is 0 Å². The molecule has 0 radical (unpaired) electrons. The minimum Gasteiger partial charge on any atom is -0.390 e. The van der Waals surface area contributed by atoms with Gasteiger partial charge in [0.05, 0.1) is 12.2 Å². The van der Waals surface area contributed by atoms with Crippen molar-refractivity contribution in [2.45, 2.75) is 31.5 Å². The minimum absolute atomic E-state index is 0.553. The van der Waals surface area contributed by atoms with Crippen LogP contribution >= 0.6 is 0 Å². The van der Waals surface area contributed by atoms with Crippen molar-refractivity contribution in [3.63, 3.8) is 0 Å². The van der Waals surface area contributed by atoms with Crippen LogP contribution in [0.2, 0.25) is 0 Å². The molecule has 0 amide bonds. The van der Waals surface area contributed by atoms with Gasteiger partial charge >= 0.3 is 0 Å². The molecule has 2 N–H and O–H groups in total. The molecule has 3 heteroatoms. The highest BCUT2D eigenvalue weighted by Crippen LogP contribution is 2.21. The fourth-order valence-corrected chi connectivity index (χ4v) is 1.50. The SMILES string of the molecule is CN(C)CCC1=CC[C@@H](O)[C@@H](O)C1. The monoisotopic (exact) mass is 185 g/mol. The topological polar surface area (TPSA) is 43.7 Å². The Morgan fingerprint density at radius 3 is 2.62 bits per heavy atom. The number of hydrogen-bond acceptors (Lipinski definition) is 3. The Labute approximate surface area is 79.7 Å². The molecule has 0 bridgehead atoms. The second-order valence-corrected chi connectivity index (χ2v) is 3.99. The van der Waals surface area contributed by atoms with E-state index in [2.05, 4.69) is 11.0 Å². The zero-order chi connectivity index (χ0) is 9.84. The first-order valence-electron chi connectivity index (χ1n) is 4.78. The molecular formula is C10H19NO2. The van der Waals surface area contributed by atoms with E-state index >= 15 is 0 Å². The van der Waals surface area contributed by atoms with Crippen LogP contribution < -0.4 is 0 Å². The first kappa shape index (κ1) is 10.7. The first-order chi connectivity index (χ1) is 6.09. The molecule has 0 aromatic carbocycles. The van der Waals surface area contributed by atoms with Gasteiger partial charge in [-0.15, -0.1) is 0 Å². The second kappa shape index (κ2) is 4.74. The molecule has 3 nitrogen and oxygen atoms in total. The van der Waals surface area contributed by atoms with Crippen LogP contribution in [-0.4, -0.2) is 48.0 Å². The van der Waals surface area contributed by atoms with E-state index in [0.29, 0.717) is 12.8 Å². The Morgan fingerprint density at radius 1 is 1.38 bits per heavy atom. The number of hydrogen-bond donors (Lipinski definition) is 2. The van der Waals surface area contributed by atoms with Gasteiger partial charge in [0, 0.05) is 6.54 Å². The Bertz CT molecular complexity index is 189. The van der Waals surface area contributed by atoms with Gasteiger partial charge in [-0.3, -0.25) is 0 Å². The van der Waals surface area contributed by atoms with Crippen molar-refractivity contribution in [3.8, 4) is 0 Å². The maximum absolute atomic E-state index is 9.41. The summed E-state index contributed by atoms with van der Waals surface area (Å²) in [5.41, 5.74) is 1.27. The molecule has 0 aromatic heterocycles. The smallest absolute Gasteiger partial charge is 0.0839 e. The van der Waals surface area contributed by atoms with E-state index in [1.54, 1.807) is 0 Å². The first-order valence-corrected chi connectivity index (χ1v) is 4.78. The number of nitrogens with zero attached hydrogens (tertiary/aromatic N) is 1. The number of aliphatic hydroxyl groups is 2. The van der Waals surface area contributed by atoms with E-state index in [0.717, 1.165) is 13.0 Å². The summed E-state index contributed by atoms with van der Waals surface area (Å²) >= 11 is 0. The molecule has 76 valence electrons. The predicted molar refractivity (Wildman–Crippen MR) is 52.5 cm³/mol. The highest BCUT2D eigenvalue weighted by atomic mass is 16.3. The summed E-state index contributed by atoms with van der Waals surface area (Å²) in [6.45, 7) is 1.01. The quantitative estimate of drug-likeness (QED) is 0.625. The van der Waals surface area contributed by atoms with Gasteiger partial charge in [-0.2, -0.15) is 0 Å². The summed E-state index contributed by atoms with van der Waals surface area (Å²) in [6.07, 6.45) is 3.18. The second-order valence-electron chi connectivity index (χ2n) is 3.99. The van der Waals surface area contributed by atoms with Crippen molar-refractivity contribution in [1.82, 2.24) is 4.90 Å². The van der Waals surface area contributed by atoms with Gasteiger partial charge < -0.3 is 15.1 Å². The Hall–Kier alpha value is -0.380. The van der Waals surface area contributed by atoms with Crippen molar-refractivity contribution >= 4 is 0 Å². The lowest BCUT2D eigenvalue weighted by molar-refractivity contribution is 0.0161. The third kappa shape index (κ3) is 3.46. The lowest BCUT2D eigenvalue weighted by atomic mass is 9.92. The summed E-state index contributed by atoms with van der Waals surface area (Å²) in [7, 11) is 4.07. The van der Waals surface area contributed by atoms with E-state index in [9.17, 15) is 10.2 Å². The summed E-state index contributed by atoms with van der Waals surface area (Å²) in [5.74, 6) is 0. The molecular weight excluding hydrogens is 166 g/mol. The number of aliphatic hydroxyl groups excluding tert-OH is 2. The van der Waals surface area contributed by atoms with Crippen LogP contribution in [0.1, 0.15) is 19.3 Å². The van der Waals surface area contributed by atoms with Crippen molar-refractivity contribution < 1.29 is 10.2 Å². The molecule has 0 heterocycles. The van der Waals surface area contributed by atoms with Gasteiger partial charge in [-0.25, -0.2) is 0 Å². The van der Waals surface area contributed by atoms with Crippen LogP contribution in [0.15, 0.2) is 11.6 Å². The molecule has 0 unspecified atom stereocenters. The van der Waals surface area contributed by atoms with Crippen LogP contribution in [0.4, 0.5) is 0 Å². The van der Waals surface area contributed by atoms with E-state index in [-0.39, 0.29) is 0 Å². The van der Waals surface area contributed by atoms with Crippen LogP contribution in [0.25, 0.3) is 0 Å². The summed E-state index contributed by atoms with van der Waals surface area (Å²) in [4.78, 5) is 2.12. The fourth-order valence-electron chi connectivity index (χ4n) is 1.50. The molecule has 0 saturated heterocycles. The van der Waals surface area contributed by atoms with Crippen molar-refractivity contribution in [1.29, 1.82) is 0 Å². The van der Waals surface area contributed by atoms with Crippen molar-refractivity contribution in [2.24, 2.45) is 0 Å². The Morgan fingerprint density at radius 2 is 2.08 bits per heavy atom. The maximum atomic E-state index is 9.41. The van der Waals surface area contributed by atoms with Gasteiger partial charge in [0.2, 0.25) is 0 Å². The third-order valence-corrected chi connectivity index (χ3v) is 2.44. The number of rotatable bonds is 3. The maximum Gasteiger partial charge on any atom is 0.0839 e. The summed E-state index contributed by atoms with van der Waals surface area (Å²) in [5, 5.41) is 18.7. The van der Waals surface area contributed by atoms with Crippen LogP contribution in [0.5, 0.6) is 0 Å². The highest BCUT2D eigenvalue weighted by Gasteiger charge is 2.21. The van der Waals surface area contributed by atoms with Gasteiger partial charge in [-0.05, 0) is 33.4 Å². The molecule has 0 saturated carbocycles. The summed E-state index contributed by atoms with van der Waals surface area (Å²) < 4.78 is 0. The highest BCUT2D eigenvalue weighted by molar-refractivity contribution is 5.09. The lowest BCUT2D eigenvalue weighted by Crippen LogP contribution is -2.29. The summed E-state index contributed by atoms with van der Waals surface area (Å²) in [6, 6.07) is 0. The molecule has 0 spiro atoms. The molecule has 1 aliphatic carbocycles. The van der Waals surface area contributed by atoms with Crippen LogP contribution in [-0.2, 0) is 0 Å². The van der Waals surface area contributed by atoms with Crippen LogP contribution in [0, 0.1) is 0 Å². The van der Waals surface area contributed by atoms with Gasteiger partial charge in [0.25, 0.3) is 0 Å². The van der Waals surface area contributed by atoms with Crippen molar-refractivity contribution in [2.75, 3.05) is 20.6 Å². The average molecular weight is 185 g/mol. The average Bonchev–Trinajstić information content (AvgIpc) is 2.07. The Balaban J connectivity index is 2.35. The van der Waals surface area contributed by atoms with E-state index in [1.807, 2.05) is 14.1 Å². The van der Waals surface area contributed by atoms with E-state index < -0.39 is 12.2 Å². The van der Waals surface area contributed by atoms with Crippen LogP contribution in [0.3, 0.4) is 0 Å². The van der Waals surface area contributed by atoms with Crippen molar-refractivity contribution in [3.05, 3.63) is 11.6 Å². The fraction of sp³-hybridized carbons (Fsp3) is 0.800. The molecule has 0 fully saturated rings. The molecule has 0 aromatic rings. The van der Waals surface area contributed by atoms with Gasteiger partial charge in [0.15, 0.2) is 0 Å². The minimum atomic E-state index is -0.554. The lowest BCUT2D eigenvalue weighted by Gasteiger charge is -2.24.